The van der Waals surface area contributed by atoms with Gasteiger partial charge in [-0.2, -0.15) is 0 Å². The minimum atomic E-state index is 0.0127. The van der Waals surface area contributed by atoms with E-state index >= 15 is 0 Å². The summed E-state index contributed by atoms with van der Waals surface area (Å²) < 4.78 is 4.61. The van der Waals surface area contributed by atoms with Gasteiger partial charge in [0, 0.05) is 6.42 Å². The zero-order valence-electron chi connectivity index (χ0n) is 5.83. The normalized spacial score (nSPS) is 13.6. The maximum atomic E-state index is 9.73. The highest BCUT2D eigenvalue weighted by molar-refractivity contribution is 5.37. The number of carbonyl (C=O) groups excluding carboxylic acids is 1. The van der Waals surface area contributed by atoms with Crippen LogP contribution in [0.15, 0.2) is 12.2 Å². The summed E-state index contributed by atoms with van der Waals surface area (Å²) in [4.78, 5) is 9.73. The molecule has 0 aromatic carbocycles. The Morgan fingerprint density at radius 2 is 2.33 bits per heavy atom. The van der Waals surface area contributed by atoms with Gasteiger partial charge < -0.3 is 4.74 Å². The summed E-state index contributed by atoms with van der Waals surface area (Å²) in [6.07, 6.45) is 4.72. The standard InChI is InChI=1S/C7H12O2/c1-3-4-5-7(2)9-6-8/h3-4,6-7H,5H2,1-2H3/b4-3+. The number of rotatable bonds is 4. The van der Waals surface area contributed by atoms with Crippen LogP contribution in [0.4, 0.5) is 0 Å². The fourth-order valence-electron chi connectivity index (χ4n) is 0.478. The zero-order valence-corrected chi connectivity index (χ0v) is 5.83. The van der Waals surface area contributed by atoms with Gasteiger partial charge in [0.1, 0.15) is 6.10 Å². The van der Waals surface area contributed by atoms with Gasteiger partial charge in [0.15, 0.2) is 0 Å². The molecule has 0 N–H and O–H groups in total. The molecular weight excluding hydrogens is 116 g/mol. The molecule has 1 unspecified atom stereocenters. The van der Waals surface area contributed by atoms with E-state index < -0.39 is 0 Å². The van der Waals surface area contributed by atoms with Crippen LogP contribution < -0.4 is 0 Å². The summed E-state index contributed by atoms with van der Waals surface area (Å²) in [5.74, 6) is 0. The Hall–Kier alpha value is -0.790. The number of hydrogen-bond acceptors (Lipinski definition) is 2. The van der Waals surface area contributed by atoms with Crippen molar-refractivity contribution in [1.29, 1.82) is 0 Å². The van der Waals surface area contributed by atoms with Crippen LogP contribution in [0.25, 0.3) is 0 Å². The molecule has 0 fully saturated rings. The molecule has 0 aliphatic carbocycles. The van der Waals surface area contributed by atoms with Crippen LogP contribution in [-0.2, 0) is 9.53 Å². The smallest absolute Gasteiger partial charge is 0.293 e. The Morgan fingerprint density at radius 1 is 1.67 bits per heavy atom. The highest BCUT2D eigenvalue weighted by Crippen LogP contribution is 1.95. The van der Waals surface area contributed by atoms with Crippen molar-refractivity contribution >= 4 is 6.47 Å². The van der Waals surface area contributed by atoms with Crippen LogP contribution in [-0.4, -0.2) is 12.6 Å². The van der Waals surface area contributed by atoms with Crippen molar-refractivity contribution in [2.24, 2.45) is 0 Å². The van der Waals surface area contributed by atoms with E-state index in [-0.39, 0.29) is 6.10 Å². The van der Waals surface area contributed by atoms with Crippen LogP contribution in [0.5, 0.6) is 0 Å². The van der Waals surface area contributed by atoms with Gasteiger partial charge in [-0.15, -0.1) is 0 Å². The van der Waals surface area contributed by atoms with Gasteiger partial charge in [0.2, 0.25) is 0 Å². The fourth-order valence-corrected chi connectivity index (χ4v) is 0.478. The molecule has 1 atom stereocenters. The molecule has 2 heteroatoms. The number of ether oxygens (including phenoxy) is 1. The van der Waals surface area contributed by atoms with Crippen molar-refractivity contribution in [3.63, 3.8) is 0 Å². The summed E-state index contributed by atoms with van der Waals surface area (Å²) in [5, 5.41) is 0. The van der Waals surface area contributed by atoms with Gasteiger partial charge in [0.05, 0.1) is 0 Å². The predicted molar refractivity (Wildman–Crippen MR) is 36.0 cm³/mol. The van der Waals surface area contributed by atoms with Crippen molar-refractivity contribution in [1.82, 2.24) is 0 Å². The summed E-state index contributed by atoms with van der Waals surface area (Å²) in [6, 6.07) is 0. The number of carbonyl (C=O) groups is 1. The third-order valence-corrected chi connectivity index (χ3v) is 0.992. The maximum Gasteiger partial charge on any atom is 0.293 e. The second-order valence-electron chi connectivity index (χ2n) is 1.85. The van der Waals surface area contributed by atoms with E-state index in [0.717, 1.165) is 6.42 Å². The first kappa shape index (κ1) is 8.21. The lowest BCUT2D eigenvalue weighted by Crippen LogP contribution is -2.04. The van der Waals surface area contributed by atoms with E-state index in [1.54, 1.807) is 0 Å². The van der Waals surface area contributed by atoms with Crippen molar-refractivity contribution < 1.29 is 9.53 Å². The Kier molecular flexibility index (Phi) is 4.88. The second kappa shape index (κ2) is 5.35. The van der Waals surface area contributed by atoms with Crippen molar-refractivity contribution in [3.8, 4) is 0 Å². The molecule has 2 nitrogen and oxygen atoms in total. The average molecular weight is 128 g/mol. The van der Waals surface area contributed by atoms with Gasteiger partial charge in [-0.25, -0.2) is 0 Å². The first-order chi connectivity index (χ1) is 4.31. The van der Waals surface area contributed by atoms with Gasteiger partial charge in [-0.05, 0) is 13.8 Å². The number of hydrogen-bond donors (Lipinski definition) is 0. The lowest BCUT2D eigenvalue weighted by atomic mass is 10.3. The molecule has 9 heavy (non-hydrogen) atoms. The molecule has 52 valence electrons. The molecule has 0 radical (unpaired) electrons. The lowest BCUT2D eigenvalue weighted by molar-refractivity contribution is -0.132. The zero-order chi connectivity index (χ0) is 7.11. The maximum absolute atomic E-state index is 9.73. The van der Waals surface area contributed by atoms with Gasteiger partial charge >= 0.3 is 0 Å². The largest absolute Gasteiger partial charge is 0.465 e. The van der Waals surface area contributed by atoms with Gasteiger partial charge in [-0.3, -0.25) is 4.79 Å². The first-order valence-corrected chi connectivity index (χ1v) is 3.01. The quantitative estimate of drug-likeness (QED) is 0.424. The van der Waals surface area contributed by atoms with Crippen LogP contribution in [0.1, 0.15) is 20.3 Å². The molecule has 0 rings (SSSR count). The van der Waals surface area contributed by atoms with Crippen LogP contribution in [0, 0.1) is 0 Å². The molecule has 0 saturated heterocycles. The molecule has 0 bridgehead atoms. The molecule has 0 aliphatic rings. The van der Waals surface area contributed by atoms with E-state index in [0.29, 0.717) is 6.47 Å². The van der Waals surface area contributed by atoms with Gasteiger partial charge in [0.25, 0.3) is 6.47 Å². The molecule has 0 aromatic heterocycles. The minimum absolute atomic E-state index is 0.0127. The van der Waals surface area contributed by atoms with Gasteiger partial charge in [-0.1, -0.05) is 12.2 Å². The summed E-state index contributed by atoms with van der Waals surface area (Å²) >= 11 is 0. The van der Waals surface area contributed by atoms with E-state index in [1.165, 1.54) is 0 Å². The summed E-state index contributed by atoms with van der Waals surface area (Å²) in [7, 11) is 0. The molecule has 0 aromatic rings. The highest BCUT2D eigenvalue weighted by atomic mass is 16.5. The summed E-state index contributed by atoms with van der Waals surface area (Å²) in [5.41, 5.74) is 0. The second-order valence-corrected chi connectivity index (χ2v) is 1.85. The molecule has 0 saturated carbocycles. The highest BCUT2D eigenvalue weighted by Gasteiger charge is 1.94. The molecular formula is C7H12O2. The van der Waals surface area contributed by atoms with E-state index in [9.17, 15) is 4.79 Å². The number of allylic oxidation sites excluding steroid dienone is 1. The summed E-state index contributed by atoms with van der Waals surface area (Å²) in [6.45, 7) is 4.27. The topological polar surface area (TPSA) is 26.3 Å². The lowest BCUT2D eigenvalue weighted by Gasteiger charge is -2.03. The van der Waals surface area contributed by atoms with Crippen LogP contribution in [0.2, 0.25) is 0 Å². The molecule has 0 aliphatic heterocycles. The molecule has 0 amide bonds. The third-order valence-electron chi connectivity index (χ3n) is 0.992. The monoisotopic (exact) mass is 128 g/mol. The van der Waals surface area contributed by atoms with Crippen molar-refractivity contribution in [3.05, 3.63) is 12.2 Å². The predicted octanol–water partition coefficient (Wildman–Crippen LogP) is 1.51. The van der Waals surface area contributed by atoms with E-state index in [2.05, 4.69) is 4.74 Å². The van der Waals surface area contributed by atoms with E-state index in [1.807, 2.05) is 26.0 Å². The van der Waals surface area contributed by atoms with E-state index in [4.69, 9.17) is 0 Å². The Labute approximate surface area is 55.5 Å². The Morgan fingerprint density at radius 3 is 2.78 bits per heavy atom. The van der Waals surface area contributed by atoms with Crippen molar-refractivity contribution in [2.75, 3.05) is 0 Å². The first-order valence-electron chi connectivity index (χ1n) is 3.01. The third kappa shape index (κ3) is 5.07. The minimum Gasteiger partial charge on any atom is -0.465 e. The molecule has 0 heterocycles. The average Bonchev–Trinajstić information content (AvgIpc) is 1.85. The van der Waals surface area contributed by atoms with Crippen molar-refractivity contribution in [2.45, 2.75) is 26.4 Å². The molecule has 0 spiro atoms. The SMILES string of the molecule is C/C=C/CC(C)OC=O. The van der Waals surface area contributed by atoms with Crippen LogP contribution in [0.3, 0.4) is 0 Å². The van der Waals surface area contributed by atoms with Crippen LogP contribution >= 0.6 is 0 Å². The Bertz CT molecular complexity index is 97.1. The Balaban J connectivity index is 3.25. The fraction of sp³-hybridized carbons (Fsp3) is 0.571.